The number of aromatic nitrogens is 1. The van der Waals surface area contributed by atoms with Crippen LogP contribution in [0.2, 0.25) is 0 Å². The molecule has 2 rings (SSSR count). The van der Waals surface area contributed by atoms with Gasteiger partial charge in [-0.25, -0.2) is 4.98 Å². The molecule has 1 N–H and O–H groups in total. The summed E-state index contributed by atoms with van der Waals surface area (Å²) < 4.78 is 10.2. The van der Waals surface area contributed by atoms with Gasteiger partial charge in [0.05, 0.1) is 13.3 Å². The van der Waals surface area contributed by atoms with Crippen molar-refractivity contribution in [3.05, 3.63) is 12.5 Å². The molecule has 2 atom stereocenters. The van der Waals surface area contributed by atoms with Crippen molar-refractivity contribution in [3.8, 4) is 0 Å². The van der Waals surface area contributed by atoms with Crippen LogP contribution in [0.1, 0.15) is 33.1 Å². The average molecular weight is 284 g/mol. The molecule has 1 aliphatic carbocycles. The Hall–Kier alpha value is -1.01. The second-order valence-corrected chi connectivity index (χ2v) is 6.41. The first kappa shape index (κ1) is 14.4. The third-order valence-electron chi connectivity index (χ3n) is 3.29. The van der Waals surface area contributed by atoms with Crippen LogP contribution in [-0.4, -0.2) is 34.9 Å². The molecule has 1 fully saturated rings. The van der Waals surface area contributed by atoms with Gasteiger partial charge in [0.25, 0.3) is 5.22 Å². The van der Waals surface area contributed by atoms with E-state index in [9.17, 15) is 4.79 Å². The lowest BCUT2D eigenvalue weighted by molar-refractivity contribution is -0.148. The molecule has 1 saturated carbocycles. The molecule has 0 radical (unpaired) electrons. The maximum atomic E-state index is 12.1. The van der Waals surface area contributed by atoms with Crippen molar-refractivity contribution in [2.75, 3.05) is 7.11 Å². The number of esters is 1. The van der Waals surface area contributed by atoms with Gasteiger partial charge in [0.1, 0.15) is 11.8 Å². The Bertz CT molecular complexity index is 422. The van der Waals surface area contributed by atoms with Crippen LogP contribution in [0.4, 0.5) is 0 Å². The van der Waals surface area contributed by atoms with Gasteiger partial charge in [0, 0.05) is 11.3 Å². The van der Waals surface area contributed by atoms with Gasteiger partial charge in [-0.05, 0) is 33.1 Å². The first-order valence-corrected chi connectivity index (χ1v) is 7.36. The molecule has 1 aromatic heterocycles. The average Bonchev–Trinajstić information content (AvgIpc) is 2.99. The number of hydrogen-bond acceptors (Lipinski definition) is 6. The number of thioether (sulfide) groups is 1. The van der Waals surface area contributed by atoms with Gasteiger partial charge in [-0.3, -0.25) is 10.1 Å². The number of nitrogens with zero attached hydrogens (tertiary/aromatic N) is 1. The quantitative estimate of drug-likeness (QED) is 0.837. The first-order valence-electron chi connectivity index (χ1n) is 6.48. The highest BCUT2D eigenvalue weighted by Gasteiger charge is 2.47. The van der Waals surface area contributed by atoms with E-state index in [1.165, 1.54) is 7.11 Å². The number of ether oxygens (including phenoxy) is 1. The third-order valence-corrected chi connectivity index (χ3v) is 4.43. The number of rotatable bonds is 5. The number of oxazole rings is 1. The molecule has 6 heteroatoms. The Balaban J connectivity index is 2.04. The van der Waals surface area contributed by atoms with Gasteiger partial charge in [-0.15, -0.1) is 0 Å². The van der Waals surface area contributed by atoms with Crippen LogP contribution in [-0.2, 0) is 9.53 Å². The minimum absolute atomic E-state index is 0.170. The van der Waals surface area contributed by atoms with Gasteiger partial charge in [0.2, 0.25) is 0 Å². The minimum atomic E-state index is -0.562. The largest absolute Gasteiger partial charge is 0.468 e. The molecule has 19 heavy (non-hydrogen) atoms. The third kappa shape index (κ3) is 3.30. The van der Waals surface area contributed by atoms with Crippen LogP contribution in [0.3, 0.4) is 0 Å². The molecule has 1 aromatic rings. The molecule has 0 aromatic carbocycles. The van der Waals surface area contributed by atoms with Crippen molar-refractivity contribution in [1.29, 1.82) is 0 Å². The van der Waals surface area contributed by atoms with Gasteiger partial charge in [0.15, 0.2) is 0 Å². The van der Waals surface area contributed by atoms with Crippen LogP contribution in [0, 0.1) is 0 Å². The fourth-order valence-corrected chi connectivity index (χ4v) is 3.76. The topological polar surface area (TPSA) is 64.4 Å². The molecule has 0 saturated heterocycles. The lowest BCUT2D eigenvalue weighted by Crippen LogP contribution is -2.53. The highest BCUT2D eigenvalue weighted by Crippen LogP contribution is 2.40. The summed E-state index contributed by atoms with van der Waals surface area (Å²) in [7, 11) is 1.45. The summed E-state index contributed by atoms with van der Waals surface area (Å²) in [5.74, 6) is -0.170. The summed E-state index contributed by atoms with van der Waals surface area (Å²) in [6.07, 6.45) is 5.68. The van der Waals surface area contributed by atoms with E-state index in [2.05, 4.69) is 10.3 Å². The summed E-state index contributed by atoms with van der Waals surface area (Å²) in [5, 5.41) is 4.36. The van der Waals surface area contributed by atoms with Crippen molar-refractivity contribution in [3.63, 3.8) is 0 Å². The van der Waals surface area contributed by atoms with Crippen molar-refractivity contribution in [2.24, 2.45) is 0 Å². The first-order chi connectivity index (χ1) is 9.05. The second kappa shape index (κ2) is 5.96. The molecule has 1 heterocycles. The SMILES string of the molecule is COC(=O)C1(NC(C)C)CCC(Sc2ncco2)C1. The van der Waals surface area contributed by atoms with Crippen LogP contribution in [0.5, 0.6) is 0 Å². The number of carbonyl (C=O) groups is 1. The summed E-state index contributed by atoms with van der Waals surface area (Å²) in [4.78, 5) is 16.2. The number of carbonyl (C=O) groups excluding carboxylic acids is 1. The molecule has 106 valence electrons. The highest BCUT2D eigenvalue weighted by atomic mass is 32.2. The van der Waals surface area contributed by atoms with Crippen LogP contribution in [0.25, 0.3) is 0 Å². The normalized spacial score (nSPS) is 26.8. The van der Waals surface area contributed by atoms with E-state index < -0.39 is 5.54 Å². The van der Waals surface area contributed by atoms with Gasteiger partial charge >= 0.3 is 5.97 Å². The van der Waals surface area contributed by atoms with E-state index in [0.717, 1.165) is 19.3 Å². The Labute approximate surface area is 117 Å². The number of nitrogens with one attached hydrogen (secondary N) is 1. The zero-order valence-corrected chi connectivity index (χ0v) is 12.3. The van der Waals surface area contributed by atoms with E-state index in [-0.39, 0.29) is 12.0 Å². The molecule has 0 bridgehead atoms. The van der Waals surface area contributed by atoms with E-state index in [1.807, 2.05) is 13.8 Å². The summed E-state index contributed by atoms with van der Waals surface area (Å²) in [5.41, 5.74) is -0.562. The molecule has 2 unspecified atom stereocenters. The lowest BCUT2D eigenvalue weighted by atomic mass is 9.97. The maximum Gasteiger partial charge on any atom is 0.326 e. The highest BCUT2D eigenvalue weighted by molar-refractivity contribution is 7.99. The Morgan fingerprint density at radius 3 is 3.05 bits per heavy atom. The van der Waals surface area contributed by atoms with E-state index >= 15 is 0 Å². The van der Waals surface area contributed by atoms with Crippen molar-refractivity contribution >= 4 is 17.7 Å². The van der Waals surface area contributed by atoms with E-state index in [4.69, 9.17) is 9.15 Å². The van der Waals surface area contributed by atoms with Crippen LogP contribution in [0.15, 0.2) is 22.1 Å². The number of hydrogen-bond donors (Lipinski definition) is 1. The molecule has 0 spiro atoms. The Morgan fingerprint density at radius 1 is 1.68 bits per heavy atom. The predicted octanol–water partition coefficient (Wildman–Crippen LogP) is 2.23. The van der Waals surface area contributed by atoms with Crippen molar-refractivity contribution < 1.29 is 13.9 Å². The summed E-state index contributed by atoms with van der Waals surface area (Å²) in [6, 6.07) is 0.240. The van der Waals surface area contributed by atoms with E-state index in [0.29, 0.717) is 10.5 Å². The molecular formula is C13H20N2O3S. The number of methoxy groups -OCH3 is 1. The zero-order chi connectivity index (χ0) is 13.9. The summed E-state index contributed by atoms with van der Waals surface area (Å²) in [6.45, 7) is 4.08. The molecular weight excluding hydrogens is 264 g/mol. The fourth-order valence-electron chi connectivity index (χ4n) is 2.64. The second-order valence-electron chi connectivity index (χ2n) is 5.15. The lowest BCUT2D eigenvalue weighted by Gasteiger charge is -2.29. The van der Waals surface area contributed by atoms with Crippen molar-refractivity contribution in [1.82, 2.24) is 10.3 Å². The van der Waals surface area contributed by atoms with Crippen LogP contribution >= 0.6 is 11.8 Å². The molecule has 0 aliphatic heterocycles. The Morgan fingerprint density at radius 2 is 2.47 bits per heavy atom. The van der Waals surface area contributed by atoms with Gasteiger partial charge in [-0.1, -0.05) is 11.8 Å². The minimum Gasteiger partial charge on any atom is -0.468 e. The van der Waals surface area contributed by atoms with Gasteiger partial charge in [-0.2, -0.15) is 0 Å². The van der Waals surface area contributed by atoms with Gasteiger partial charge < -0.3 is 9.15 Å². The molecule has 0 amide bonds. The monoisotopic (exact) mass is 284 g/mol. The molecule has 1 aliphatic rings. The zero-order valence-electron chi connectivity index (χ0n) is 11.5. The molecule has 5 nitrogen and oxygen atoms in total. The fraction of sp³-hybridized carbons (Fsp3) is 0.692. The van der Waals surface area contributed by atoms with Crippen LogP contribution < -0.4 is 5.32 Å². The smallest absolute Gasteiger partial charge is 0.326 e. The maximum absolute atomic E-state index is 12.1. The van der Waals surface area contributed by atoms with E-state index in [1.54, 1.807) is 24.2 Å². The predicted molar refractivity (Wildman–Crippen MR) is 73.0 cm³/mol. The standard InChI is InChI=1S/C13H20N2O3S/c1-9(2)15-13(11(16)17-3)5-4-10(8-13)19-12-14-6-7-18-12/h6-7,9-10,15H,4-5,8H2,1-3H3. The van der Waals surface area contributed by atoms with Crippen molar-refractivity contribution in [2.45, 2.75) is 55.2 Å². The summed E-state index contributed by atoms with van der Waals surface area (Å²) >= 11 is 1.59. The Kier molecular flexibility index (Phi) is 4.52.